The van der Waals surface area contributed by atoms with Gasteiger partial charge in [-0.1, -0.05) is 13.3 Å². The fraction of sp³-hybridized carbons (Fsp3) is 0.692. The van der Waals surface area contributed by atoms with Gasteiger partial charge in [-0.05, 0) is 35.2 Å². The minimum Gasteiger partial charge on any atom is -0.452 e. The van der Waals surface area contributed by atoms with E-state index in [0.717, 1.165) is 12.8 Å². The summed E-state index contributed by atoms with van der Waals surface area (Å²) < 4.78 is 32.0. The van der Waals surface area contributed by atoms with E-state index in [-0.39, 0.29) is 9.56 Å². The predicted molar refractivity (Wildman–Crippen MR) is 81.0 cm³/mol. The van der Waals surface area contributed by atoms with E-state index in [9.17, 15) is 8.42 Å². The highest BCUT2D eigenvalue weighted by molar-refractivity contribution is 9.10. The molecule has 0 bridgehead atoms. The smallest absolute Gasteiger partial charge is 0.247 e. The van der Waals surface area contributed by atoms with E-state index in [1.54, 1.807) is 13.1 Å². The molecule has 1 heterocycles. The summed E-state index contributed by atoms with van der Waals surface area (Å²) in [5.74, 6) is 0.645. The van der Waals surface area contributed by atoms with Crippen LogP contribution in [0.4, 0.5) is 0 Å². The molecular formula is C13H21BrN2O3S. The first-order valence-corrected chi connectivity index (χ1v) is 9.16. The summed E-state index contributed by atoms with van der Waals surface area (Å²) in [7, 11) is -1.88. The minimum absolute atomic E-state index is 0.212. The van der Waals surface area contributed by atoms with E-state index in [1.807, 2.05) is 6.92 Å². The lowest BCUT2D eigenvalue weighted by Gasteiger charge is -2.15. The Bertz CT molecular complexity index is 552. The Morgan fingerprint density at radius 3 is 2.80 bits per heavy atom. The number of furan rings is 1. The van der Waals surface area contributed by atoms with Crippen LogP contribution in [0, 0.1) is 0 Å². The molecule has 5 nitrogen and oxygen atoms in total. The third-order valence-corrected chi connectivity index (χ3v) is 6.08. The lowest BCUT2D eigenvalue weighted by molar-refractivity contribution is 0.447. The van der Waals surface area contributed by atoms with E-state index in [0.29, 0.717) is 24.9 Å². The average molecular weight is 365 g/mol. The van der Waals surface area contributed by atoms with Gasteiger partial charge in [-0.15, -0.1) is 0 Å². The van der Waals surface area contributed by atoms with Crippen LogP contribution >= 0.6 is 15.9 Å². The first-order valence-electron chi connectivity index (χ1n) is 6.93. The van der Waals surface area contributed by atoms with E-state index < -0.39 is 10.0 Å². The first-order chi connectivity index (χ1) is 9.45. The first kappa shape index (κ1) is 16.0. The molecule has 1 N–H and O–H groups in total. The molecule has 1 aromatic rings. The molecule has 1 saturated carbocycles. The summed E-state index contributed by atoms with van der Waals surface area (Å²) in [6, 6.07) is 2.17. The van der Waals surface area contributed by atoms with Gasteiger partial charge in [0.25, 0.3) is 0 Å². The Morgan fingerprint density at radius 1 is 1.50 bits per heavy atom. The molecule has 0 amide bonds. The number of unbranched alkanes of at least 4 members (excludes halogenated alkanes) is 1. The third kappa shape index (κ3) is 3.84. The molecule has 0 radical (unpaired) electrons. The zero-order chi connectivity index (χ0) is 14.8. The highest BCUT2D eigenvalue weighted by atomic mass is 79.9. The van der Waals surface area contributed by atoms with Crippen molar-refractivity contribution in [3.63, 3.8) is 0 Å². The quantitative estimate of drug-likeness (QED) is 0.770. The lowest BCUT2D eigenvalue weighted by atomic mass is 10.3. The second-order valence-corrected chi connectivity index (χ2v) is 7.92. The number of rotatable bonds is 8. The number of nitrogens with one attached hydrogen (secondary N) is 1. The minimum atomic E-state index is -3.48. The van der Waals surface area contributed by atoms with Crippen LogP contribution in [-0.4, -0.2) is 32.4 Å². The fourth-order valence-corrected chi connectivity index (χ4v) is 4.03. The number of hydrogen-bond acceptors (Lipinski definition) is 4. The second-order valence-electron chi connectivity index (χ2n) is 5.19. The van der Waals surface area contributed by atoms with Crippen LogP contribution < -0.4 is 5.32 Å². The molecule has 0 atom stereocenters. The van der Waals surface area contributed by atoms with Gasteiger partial charge in [0.1, 0.15) is 10.7 Å². The van der Waals surface area contributed by atoms with Crippen LogP contribution in [0.15, 0.2) is 20.0 Å². The van der Waals surface area contributed by atoms with Crippen LogP contribution in [0.3, 0.4) is 0 Å². The van der Waals surface area contributed by atoms with Crippen molar-refractivity contribution < 1.29 is 12.8 Å². The van der Waals surface area contributed by atoms with Crippen molar-refractivity contribution in [2.24, 2.45) is 0 Å². The molecular weight excluding hydrogens is 344 g/mol. The van der Waals surface area contributed by atoms with Gasteiger partial charge in [-0.25, -0.2) is 12.7 Å². The molecule has 1 aliphatic carbocycles. The molecule has 114 valence electrons. The molecule has 0 spiro atoms. The third-order valence-electron chi connectivity index (χ3n) is 3.36. The highest BCUT2D eigenvalue weighted by Gasteiger charge is 2.27. The van der Waals surface area contributed by atoms with Crippen molar-refractivity contribution in [3.05, 3.63) is 16.5 Å². The van der Waals surface area contributed by atoms with Crippen molar-refractivity contribution in [1.82, 2.24) is 9.62 Å². The molecule has 1 fully saturated rings. The van der Waals surface area contributed by atoms with Gasteiger partial charge in [0.15, 0.2) is 4.67 Å². The van der Waals surface area contributed by atoms with E-state index in [2.05, 4.69) is 21.2 Å². The second kappa shape index (κ2) is 6.60. The maximum atomic E-state index is 12.4. The largest absolute Gasteiger partial charge is 0.452 e. The van der Waals surface area contributed by atoms with Crippen LogP contribution in [0.1, 0.15) is 38.4 Å². The van der Waals surface area contributed by atoms with Crippen molar-refractivity contribution in [2.75, 3.05) is 13.6 Å². The monoisotopic (exact) mass is 364 g/mol. The standard InChI is InChI=1S/C13H21BrN2O3S/c1-3-4-7-16(2)20(17,18)12-8-11(19-13(12)14)9-15-10-5-6-10/h8,10,15H,3-7,9H2,1-2H3. The van der Waals surface area contributed by atoms with E-state index >= 15 is 0 Å². The SMILES string of the molecule is CCCCN(C)S(=O)(=O)c1cc(CNC2CC2)oc1Br. The number of sulfonamides is 1. The van der Waals surface area contributed by atoms with Crippen LogP contribution in [0.25, 0.3) is 0 Å². The zero-order valence-electron chi connectivity index (χ0n) is 11.9. The molecule has 7 heteroatoms. The topological polar surface area (TPSA) is 62.6 Å². The van der Waals surface area contributed by atoms with Crippen molar-refractivity contribution in [2.45, 2.75) is 50.1 Å². The van der Waals surface area contributed by atoms with Gasteiger partial charge in [-0.2, -0.15) is 0 Å². The van der Waals surface area contributed by atoms with Gasteiger partial charge < -0.3 is 9.73 Å². The van der Waals surface area contributed by atoms with E-state index in [4.69, 9.17) is 4.42 Å². The predicted octanol–water partition coefficient (Wildman–Crippen LogP) is 2.71. The normalized spacial score (nSPS) is 16.0. The highest BCUT2D eigenvalue weighted by Crippen LogP contribution is 2.29. The van der Waals surface area contributed by atoms with Gasteiger partial charge in [0, 0.05) is 25.7 Å². The zero-order valence-corrected chi connectivity index (χ0v) is 14.3. The molecule has 20 heavy (non-hydrogen) atoms. The van der Waals surface area contributed by atoms with Crippen molar-refractivity contribution in [1.29, 1.82) is 0 Å². The van der Waals surface area contributed by atoms with Crippen LogP contribution in [0.5, 0.6) is 0 Å². The maximum Gasteiger partial charge on any atom is 0.247 e. The molecule has 2 rings (SSSR count). The molecule has 1 aliphatic rings. The lowest BCUT2D eigenvalue weighted by Crippen LogP contribution is -2.27. The molecule has 0 aliphatic heterocycles. The summed E-state index contributed by atoms with van der Waals surface area (Å²) >= 11 is 3.21. The van der Waals surface area contributed by atoms with Crippen LogP contribution in [-0.2, 0) is 16.6 Å². The Kier molecular flexibility index (Phi) is 5.28. The number of hydrogen-bond donors (Lipinski definition) is 1. The molecule has 0 aromatic carbocycles. The molecule has 0 saturated heterocycles. The Labute approximate surface area is 128 Å². The van der Waals surface area contributed by atoms with Crippen LogP contribution in [0.2, 0.25) is 0 Å². The summed E-state index contributed by atoms with van der Waals surface area (Å²) in [5.41, 5.74) is 0. The van der Waals surface area contributed by atoms with E-state index in [1.165, 1.54) is 17.1 Å². The van der Waals surface area contributed by atoms with Gasteiger partial charge in [0.05, 0.1) is 6.54 Å². The van der Waals surface area contributed by atoms with Gasteiger partial charge in [-0.3, -0.25) is 0 Å². The number of nitrogens with zero attached hydrogens (tertiary/aromatic N) is 1. The summed E-state index contributed by atoms with van der Waals surface area (Å²) in [6.45, 7) is 3.12. The van der Waals surface area contributed by atoms with Crippen molar-refractivity contribution in [3.8, 4) is 0 Å². The average Bonchev–Trinajstić information content (AvgIpc) is 3.15. The summed E-state index contributed by atoms with van der Waals surface area (Å²) in [5, 5.41) is 3.31. The Balaban J connectivity index is 2.09. The van der Waals surface area contributed by atoms with Gasteiger partial charge >= 0.3 is 0 Å². The molecule has 0 unspecified atom stereocenters. The fourth-order valence-electron chi connectivity index (χ4n) is 1.86. The summed E-state index contributed by atoms with van der Waals surface area (Å²) in [6.07, 6.45) is 4.18. The molecule has 1 aromatic heterocycles. The number of halogens is 1. The summed E-state index contributed by atoms with van der Waals surface area (Å²) in [4.78, 5) is 0.212. The Hall–Kier alpha value is -0.370. The Morgan fingerprint density at radius 2 is 2.20 bits per heavy atom. The maximum absolute atomic E-state index is 12.4. The van der Waals surface area contributed by atoms with Gasteiger partial charge in [0.2, 0.25) is 10.0 Å². The van der Waals surface area contributed by atoms with Crippen molar-refractivity contribution >= 4 is 26.0 Å².